The third kappa shape index (κ3) is 3.45. The van der Waals surface area contributed by atoms with Crippen molar-refractivity contribution in [1.82, 2.24) is 0 Å². The molecule has 1 unspecified atom stereocenters. The fraction of sp³-hybridized carbons (Fsp3) is 0.368. The topological polar surface area (TPSA) is 34.1 Å². The van der Waals surface area contributed by atoms with Crippen LogP contribution in [0.1, 0.15) is 25.7 Å². The number of hydrogen-bond acceptors (Lipinski definition) is 2. The van der Waals surface area contributed by atoms with E-state index in [2.05, 4.69) is 34.6 Å². The third-order valence-electron chi connectivity index (χ3n) is 4.78. The van der Waals surface area contributed by atoms with Gasteiger partial charge in [0, 0.05) is 0 Å². The molecule has 120 valence electrons. The summed E-state index contributed by atoms with van der Waals surface area (Å²) in [6, 6.07) is 10.3. The number of carbonyl (C=O) groups is 2. The van der Waals surface area contributed by atoms with Crippen LogP contribution in [0.2, 0.25) is 4.82 Å². The molecule has 0 saturated heterocycles. The fourth-order valence-electron chi connectivity index (χ4n) is 3.68. The van der Waals surface area contributed by atoms with Crippen molar-refractivity contribution >= 4 is 46.9 Å². The Hall–Kier alpha value is -0.961. The Morgan fingerprint density at radius 3 is 2.70 bits per heavy atom. The number of carbonyl (C=O) groups excluding carboxylic acids is 2. The molecular formula is C19H19BrO2Se. The van der Waals surface area contributed by atoms with E-state index in [4.69, 9.17) is 0 Å². The van der Waals surface area contributed by atoms with E-state index in [1.807, 2.05) is 24.3 Å². The van der Waals surface area contributed by atoms with E-state index in [0.29, 0.717) is 18.6 Å². The minimum absolute atomic E-state index is 0.0888. The van der Waals surface area contributed by atoms with Gasteiger partial charge in [0.25, 0.3) is 0 Å². The number of halogens is 1. The van der Waals surface area contributed by atoms with Gasteiger partial charge in [0.05, 0.1) is 0 Å². The molecule has 0 heterocycles. The number of fused-ring (bicyclic) bond motifs is 1. The van der Waals surface area contributed by atoms with Crippen LogP contribution >= 0.6 is 15.9 Å². The molecule has 0 aromatic heterocycles. The Balaban J connectivity index is 1.90. The van der Waals surface area contributed by atoms with Crippen molar-refractivity contribution in [3.8, 4) is 0 Å². The van der Waals surface area contributed by atoms with E-state index < -0.39 is 5.41 Å². The molecule has 0 amide bonds. The van der Waals surface area contributed by atoms with E-state index in [-0.39, 0.29) is 31.5 Å². The Kier molecular flexibility index (Phi) is 5.05. The van der Waals surface area contributed by atoms with Crippen molar-refractivity contribution < 1.29 is 9.59 Å². The molecule has 0 spiro atoms. The molecule has 1 aromatic rings. The summed E-state index contributed by atoms with van der Waals surface area (Å²) in [6.07, 6.45) is 6.43. The van der Waals surface area contributed by atoms with Crippen molar-refractivity contribution in [1.29, 1.82) is 0 Å². The molecule has 1 aromatic carbocycles. The van der Waals surface area contributed by atoms with Gasteiger partial charge in [-0.25, -0.2) is 0 Å². The molecule has 2 aliphatic rings. The van der Waals surface area contributed by atoms with Crippen LogP contribution in [0.5, 0.6) is 0 Å². The maximum absolute atomic E-state index is 13.3. The zero-order valence-corrected chi connectivity index (χ0v) is 16.1. The summed E-state index contributed by atoms with van der Waals surface area (Å²) in [5, 5.41) is 0. The van der Waals surface area contributed by atoms with Crippen LogP contribution in [-0.4, -0.2) is 26.5 Å². The Bertz CT molecular complexity index is 667. The SMILES string of the molecule is C=C(Br)C[C@@]12C=CC(=O)C[C@@H]1CCC([Se]c1ccccc1)C2=O. The number of ketones is 2. The van der Waals surface area contributed by atoms with Crippen LogP contribution in [0.3, 0.4) is 0 Å². The van der Waals surface area contributed by atoms with E-state index in [0.717, 1.165) is 17.3 Å². The Morgan fingerprint density at radius 2 is 2.00 bits per heavy atom. The molecule has 0 bridgehead atoms. The summed E-state index contributed by atoms with van der Waals surface area (Å²) >= 11 is 3.57. The average Bonchev–Trinajstić information content (AvgIpc) is 2.52. The predicted octanol–water partition coefficient (Wildman–Crippen LogP) is 3.60. The number of hydrogen-bond donors (Lipinski definition) is 0. The van der Waals surface area contributed by atoms with Crippen molar-refractivity contribution in [3.63, 3.8) is 0 Å². The second kappa shape index (κ2) is 6.88. The quantitative estimate of drug-likeness (QED) is 0.674. The second-order valence-corrected chi connectivity index (χ2v) is 10.1. The molecular weight excluding hydrogens is 419 g/mol. The molecule has 0 radical (unpaired) electrons. The summed E-state index contributed by atoms with van der Waals surface area (Å²) in [6.45, 7) is 3.95. The van der Waals surface area contributed by atoms with Gasteiger partial charge in [-0.05, 0) is 0 Å². The van der Waals surface area contributed by atoms with Gasteiger partial charge in [-0.1, -0.05) is 0 Å². The van der Waals surface area contributed by atoms with Crippen molar-refractivity contribution in [2.45, 2.75) is 30.5 Å². The van der Waals surface area contributed by atoms with Crippen LogP contribution in [-0.2, 0) is 9.59 Å². The molecule has 3 rings (SSSR count). The van der Waals surface area contributed by atoms with Gasteiger partial charge >= 0.3 is 152 Å². The average molecular weight is 438 g/mol. The van der Waals surface area contributed by atoms with Gasteiger partial charge in [0.2, 0.25) is 0 Å². The fourth-order valence-corrected chi connectivity index (χ4v) is 6.71. The zero-order chi connectivity index (χ0) is 16.4. The summed E-state index contributed by atoms with van der Waals surface area (Å²) < 4.78 is 2.10. The van der Waals surface area contributed by atoms with Crippen molar-refractivity contribution in [2.24, 2.45) is 11.3 Å². The van der Waals surface area contributed by atoms with Gasteiger partial charge in [-0.15, -0.1) is 0 Å². The Morgan fingerprint density at radius 1 is 1.26 bits per heavy atom. The van der Waals surface area contributed by atoms with Gasteiger partial charge in [-0.2, -0.15) is 0 Å². The zero-order valence-electron chi connectivity index (χ0n) is 12.8. The first-order valence-corrected chi connectivity index (χ1v) is 10.5. The first kappa shape index (κ1) is 16.9. The molecule has 2 nitrogen and oxygen atoms in total. The number of allylic oxidation sites excluding steroid dienone is 3. The molecule has 2 aliphatic carbocycles. The van der Waals surface area contributed by atoms with Crippen LogP contribution in [0.15, 0.2) is 53.5 Å². The molecule has 23 heavy (non-hydrogen) atoms. The number of rotatable bonds is 4. The monoisotopic (exact) mass is 438 g/mol. The first-order valence-electron chi connectivity index (χ1n) is 7.82. The predicted molar refractivity (Wildman–Crippen MR) is 97.2 cm³/mol. The van der Waals surface area contributed by atoms with Crippen molar-refractivity contribution in [3.05, 3.63) is 53.5 Å². The van der Waals surface area contributed by atoms with Crippen LogP contribution in [0, 0.1) is 11.3 Å². The molecule has 0 N–H and O–H groups in total. The minimum atomic E-state index is -0.534. The first-order chi connectivity index (χ1) is 11.0. The van der Waals surface area contributed by atoms with Crippen LogP contribution in [0.25, 0.3) is 0 Å². The van der Waals surface area contributed by atoms with Gasteiger partial charge < -0.3 is 0 Å². The second-order valence-electron chi connectivity index (χ2n) is 6.30. The van der Waals surface area contributed by atoms with E-state index in [1.165, 1.54) is 4.46 Å². The van der Waals surface area contributed by atoms with Crippen LogP contribution in [0.4, 0.5) is 0 Å². The van der Waals surface area contributed by atoms with Gasteiger partial charge in [-0.3, -0.25) is 0 Å². The number of benzene rings is 1. The normalized spacial score (nSPS) is 30.1. The summed E-state index contributed by atoms with van der Waals surface area (Å²) in [5.74, 6) is 0.581. The maximum atomic E-state index is 13.3. The van der Waals surface area contributed by atoms with Crippen LogP contribution < -0.4 is 4.46 Å². The van der Waals surface area contributed by atoms with E-state index >= 15 is 0 Å². The summed E-state index contributed by atoms with van der Waals surface area (Å²) in [4.78, 5) is 25.2. The molecule has 0 aliphatic heterocycles. The molecule has 1 saturated carbocycles. The van der Waals surface area contributed by atoms with Crippen molar-refractivity contribution in [2.75, 3.05) is 0 Å². The summed E-state index contributed by atoms with van der Waals surface area (Å²) in [7, 11) is 0. The van der Waals surface area contributed by atoms with Gasteiger partial charge in [0.1, 0.15) is 0 Å². The molecule has 1 fully saturated rings. The summed E-state index contributed by atoms with van der Waals surface area (Å²) in [5.41, 5.74) is -0.534. The molecule has 3 atom stereocenters. The van der Waals surface area contributed by atoms with Gasteiger partial charge in [0.15, 0.2) is 0 Å². The third-order valence-corrected chi connectivity index (χ3v) is 7.74. The van der Waals surface area contributed by atoms with E-state index in [9.17, 15) is 9.59 Å². The Labute approximate surface area is 151 Å². The number of Topliss-reactive ketones (excluding diaryl/α,β-unsaturated/α-hetero) is 1. The standard InChI is InChI=1S/C19H19BrO2Se/c1-13(20)12-19-10-9-15(21)11-14(19)7-8-17(18(19)22)23-16-5-3-2-4-6-16/h2-6,9-10,14,17H,1,7-8,11-12H2/t14-,17?,19-/m0/s1. The molecule has 4 heteroatoms. The van der Waals surface area contributed by atoms with E-state index in [1.54, 1.807) is 6.08 Å².